The molecular formula is C18H17FN2O3S2. The van der Waals surface area contributed by atoms with Crippen LogP contribution in [0.5, 0.6) is 0 Å². The Bertz CT molecular complexity index is 979. The van der Waals surface area contributed by atoms with Gasteiger partial charge in [-0.05, 0) is 24.1 Å². The molecule has 26 heavy (non-hydrogen) atoms. The predicted octanol–water partition coefficient (Wildman–Crippen LogP) is 3.66. The van der Waals surface area contributed by atoms with Gasteiger partial charge < -0.3 is 9.47 Å². The number of nitrogens with zero attached hydrogens (tertiary/aromatic N) is 2. The van der Waals surface area contributed by atoms with Crippen LogP contribution in [0.25, 0.3) is 21.3 Å². The van der Waals surface area contributed by atoms with E-state index in [1.807, 2.05) is 5.38 Å². The van der Waals surface area contributed by atoms with Crippen molar-refractivity contribution in [3.63, 3.8) is 0 Å². The first-order chi connectivity index (χ1) is 12.6. The van der Waals surface area contributed by atoms with Crippen LogP contribution in [0.3, 0.4) is 0 Å². The average molecular weight is 392 g/mol. The van der Waals surface area contributed by atoms with Gasteiger partial charge in [0.1, 0.15) is 17.4 Å². The Morgan fingerprint density at radius 1 is 1.38 bits per heavy atom. The quantitative estimate of drug-likeness (QED) is 0.501. The highest BCUT2D eigenvalue weighted by Gasteiger charge is 2.19. The van der Waals surface area contributed by atoms with Crippen LogP contribution in [0.1, 0.15) is 6.42 Å². The summed E-state index contributed by atoms with van der Waals surface area (Å²) in [5.74, 6) is 0.430. The Morgan fingerprint density at radius 3 is 2.92 bits per heavy atom. The number of thioether (sulfide) groups is 1. The lowest BCUT2D eigenvalue weighted by atomic mass is 10.1. The Labute approximate surface area is 157 Å². The fourth-order valence-electron chi connectivity index (χ4n) is 2.82. The van der Waals surface area contributed by atoms with Crippen molar-refractivity contribution in [2.24, 2.45) is 7.05 Å². The molecule has 0 amide bonds. The van der Waals surface area contributed by atoms with E-state index in [0.29, 0.717) is 28.8 Å². The van der Waals surface area contributed by atoms with E-state index in [0.717, 1.165) is 23.3 Å². The fraction of sp³-hybridized carbons (Fsp3) is 0.333. The largest absolute Gasteiger partial charge is 0.355 e. The summed E-state index contributed by atoms with van der Waals surface area (Å²) in [6.45, 7) is 1.02. The van der Waals surface area contributed by atoms with Gasteiger partial charge in [0.2, 0.25) is 0 Å². The maximum absolute atomic E-state index is 13.2. The van der Waals surface area contributed by atoms with E-state index < -0.39 is 0 Å². The molecule has 1 aliphatic rings. The Balaban J connectivity index is 1.66. The molecule has 0 N–H and O–H groups in total. The molecule has 3 heterocycles. The highest BCUT2D eigenvalue weighted by atomic mass is 32.2. The highest BCUT2D eigenvalue weighted by molar-refractivity contribution is 7.99. The van der Waals surface area contributed by atoms with Crippen molar-refractivity contribution in [1.82, 2.24) is 9.55 Å². The van der Waals surface area contributed by atoms with Crippen LogP contribution in [0, 0.1) is 5.82 Å². The number of hydrogen-bond acceptors (Lipinski definition) is 6. The lowest BCUT2D eigenvalue weighted by Gasteiger charge is -2.22. The van der Waals surface area contributed by atoms with Crippen molar-refractivity contribution in [2.45, 2.75) is 17.7 Å². The number of thiophene rings is 1. The molecule has 1 saturated heterocycles. The van der Waals surface area contributed by atoms with Crippen LogP contribution in [0.15, 0.2) is 39.6 Å². The molecule has 0 aliphatic carbocycles. The van der Waals surface area contributed by atoms with Gasteiger partial charge in [-0.15, -0.1) is 11.3 Å². The number of benzene rings is 1. The smallest absolute Gasteiger partial charge is 0.263 e. The van der Waals surface area contributed by atoms with E-state index in [4.69, 9.17) is 9.47 Å². The summed E-state index contributed by atoms with van der Waals surface area (Å²) in [4.78, 5) is 18.3. The monoisotopic (exact) mass is 392 g/mol. The van der Waals surface area contributed by atoms with Gasteiger partial charge in [0.15, 0.2) is 5.16 Å². The lowest BCUT2D eigenvalue weighted by Crippen LogP contribution is -2.26. The Hall–Kier alpha value is -1.74. The van der Waals surface area contributed by atoms with E-state index in [9.17, 15) is 9.18 Å². The first-order valence-corrected chi connectivity index (χ1v) is 10.1. The predicted molar refractivity (Wildman–Crippen MR) is 101 cm³/mol. The summed E-state index contributed by atoms with van der Waals surface area (Å²) in [5.41, 5.74) is 1.51. The van der Waals surface area contributed by atoms with E-state index in [1.165, 1.54) is 35.2 Å². The minimum atomic E-state index is -0.298. The van der Waals surface area contributed by atoms with Gasteiger partial charge in [0.05, 0.1) is 18.1 Å². The summed E-state index contributed by atoms with van der Waals surface area (Å²) in [7, 11) is 1.73. The van der Waals surface area contributed by atoms with Crippen molar-refractivity contribution in [2.75, 3.05) is 19.2 Å². The second-order valence-corrected chi connectivity index (χ2v) is 7.85. The van der Waals surface area contributed by atoms with Crippen molar-refractivity contribution in [3.8, 4) is 11.1 Å². The van der Waals surface area contributed by atoms with Gasteiger partial charge in [0.25, 0.3) is 5.56 Å². The number of rotatable bonds is 4. The maximum atomic E-state index is 13.2. The SMILES string of the molecule is Cn1c(SC[C@H]2CCOCO2)nc2scc(-c3ccc(F)cc3)c2c1=O. The number of hydrogen-bond donors (Lipinski definition) is 0. The highest BCUT2D eigenvalue weighted by Crippen LogP contribution is 2.32. The molecule has 1 aliphatic heterocycles. The molecule has 3 aromatic rings. The molecule has 0 radical (unpaired) electrons. The third-order valence-corrected chi connectivity index (χ3v) is 6.33. The molecule has 1 fully saturated rings. The van der Waals surface area contributed by atoms with E-state index in [1.54, 1.807) is 23.7 Å². The second-order valence-electron chi connectivity index (χ2n) is 6.01. The Morgan fingerprint density at radius 2 is 2.19 bits per heavy atom. The first-order valence-electron chi connectivity index (χ1n) is 8.20. The van der Waals surface area contributed by atoms with Gasteiger partial charge in [0, 0.05) is 23.7 Å². The molecule has 0 spiro atoms. The van der Waals surface area contributed by atoms with Crippen molar-refractivity contribution in [1.29, 1.82) is 0 Å². The molecular weight excluding hydrogens is 375 g/mol. The zero-order chi connectivity index (χ0) is 18.1. The summed E-state index contributed by atoms with van der Waals surface area (Å²) in [6, 6.07) is 6.16. The van der Waals surface area contributed by atoms with Crippen molar-refractivity contribution < 1.29 is 13.9 Å². The zero-order valence-corrected chi connectivity index (χ0v) is 15.7. The van der Waals surface area contributed by atoms with Crippen LogP contribution in [0.2, 0.25) is 0 Å². The van der Waals surface area contributed by atoms with Crippen LogP contribution in [-0.2, 0) is 16.5 Å². The number of aromatic nitrogens is 2. The van der Waals surface area contributed by atoms with Gasteiger partial charge in [-0.1, -0.05) is 23.9 Å². The van der Waals surface area contributed by atoms with Crippen molar-refractivity contribution >= 4 is 33.3 Å². The average Bonchev–Trinajstić information content (AvgIpc) is 3.09. The summed E-state index contributed by atoms with van der Waals surface area (Å²) >= 11 is 2.95. The van der Waals surface area contributed by atoms with E-state index in [2.05, 4.69) is 4.98 Å². The Kier molecular flexibility index (Phi) is 5.08. The van der Waals surface area contributed by atoms with Gasteiger partial charge in [-0.3, -0.25) is 9.36 Å². The number of ether oxygens (including phenoxy) is 2. The topological polar surface area (TPSA) is 53.4 Å². The summed E-state index contributed by atoms with van der Waals surface area (Å²) in [6.07, 6.45) is 0.955. The minimum Gasteiger partial charge on any atom is -0.355 e. The molecule has 0 saturated carbocycles. The third kappa shape index (κ3) is 3.42. The molecule has 8 heteroatoms. The molecule has 0 bridgehead atoms. The molecule has 0 unspecified atom stereocenters. The lowest BCUT2D eigenvalue weighted by molar-refractivity contribution is -0.130. The summed E-state index contributed by atoms with van der Waals surface area (Å²) in [5, 5.41) is 3.16. The van der Waals surface area contributed by atoms with E-state index >= 15 is 0 Å². The molecule has 136 valence electrons. The van der Waals surface area contributed by atoms with Gasteiger partial charge >= 0.3 is 0 Å². The molecule has 5 nitrogen and oxygen atoms in total. The standard InChI is InChI=1S/C18H17FN2O3S2/c1-21-17(22)15-14(11-2-4-12(19)5-3-11)9-25-16(15)20-18(21)26-8-13-6-7-23-10-24-13/h2-5,9,13H,6-8,10H2,1H3/t13-/m1/s1. The van der Waals surface area contributed by atoms with E-state index in [-0.39, 0.29) is 17.5 Å². The minimum absolute atomic E-state index is 0.0917. The summed E-state index contributed by atoms with van der Waals surface area (Å²) < 4.78 is 25.5. The zero-order valence-electron chi connectivity index (χ0n) is 14.1. The molecule has 2 aromatic heterocycles. The molecule has 4 rings (SSSR count). The van der Waals surface area contributed by atoms with Crippen LogP contribution < -0.4 is 5.56 Å². The van der Waals surface area contributed by atoms with Crippen LogP contribution in [0.4, 0.5) is 4.39 Å². The first kappa shape index (κ1) is 17.7. The second kappa shape index (κ2) is 7.48. The number of fused-ring (bicyclic) bond motifs is 1. The normalized spacial score (nSPS) is 17.7. The fourth-order valence-corrected chi connectivity index (χ4v) is 4.85. The molecule has 1 aromatic carbocycles. The van der Waals surface area contributed by atoms with Gasteiger partial charge in [-0.2, -0.15) is 0 Å². The maximum Gasteiger partial charge on any atom is 0.263 e. The third-order valence-electron chi connectivity index (χ3n) is 4.30. The van der Waals surface area contributed by atoms with Crippen LogP contribution >= 0.6 is 23.1 Å². The van der Waals surface area contributed by atoms with Crippen molar-refractivity contribution in [3.05, 3.63) is 45.8 Å². The van der Waals surface area contributed by atoms with Crippen LogP contribution in [-0.4, -0.2) is 34.8 Å². The molecule has 1 atom stereocenters. The van der Waals surface area contributed by atoms with Gasteiger partial charge in [-0.25, -0.2) is 9.37 Å². The number of halogens is 1.